The summed E-state index contributed by atoms with van der Waals surface area (Å²) in [4.78, 5) is 17.1. The number of benzene rings is 1. The fourth-order valence-electron chi connectivity index (χ4n) is 2.91. The van der Waals surface area contributed by atoms with Gasteiger partial charge in [-0.15, -0.1) is 16.4 Å². The topological polar surface area (TPSA) is 98.7 Å². The third-order valence-electron chi connectivity index (χ3n) is 4.61. The zero-order valence-corrected chi connectivity index (χ0v) is 17.2. The van der Waals surface area contributed by atoms with Crippen LogP contribution in [0.1, 0.15) is 31.6 Å². The molecule has 1 atom stereocenters. The number of amides is 1. The molecule has 1 N–H and O–H groups in total. The van der Waals surface area contributed by atoms with Gasteiger partial charge in [-0.1, -0.05) is 23.9 Å². The predicted octanol–water partition coefficient (Wildman–Crippen LogP) is 3.67. The van der Waals surface area contributed by atoms with Gasteiger partial charge in [-0.2, -0.15) is 0 Å². The second kappa shape index (κ2) is 7.60. The second-order valence-corrected chi connectivity index (χ2v) is 9.21. The van der Waals surface area contributed by atoms with Crippen molar-refractivity contribution in [3.8, 4) is 10.8 Å². The highest BCUT2D eigenvalue weighted by atomic mass is 32.2. The maximum absolute atomic E-state index is 12.5. The van der Waals surface area contributed by atoms with Gasteiger partial charge in [0, 0.05) is 0 Å². The highest BCUT2D eigenvalue weighted by Crippen LogP contribution is 2.37. The summed E-state index contributed by atoms with van der Waals surface area (Å²) in [5, 5.41) is 15.9. The van der Waals surface area contributed by atoms with Crippen molar-refractivity contribution in [2.24, 2.45) is 0 Å². The minimum absolute atomic E-state index is 0.0849. The number of furan rings is 1. The van der Waals surface area contributed by atoms with Crippen molar-refractivity contribution in [1.29, 1.82) is 0 Å². The van der Waals surface area contributed by atoms with E-state index in [2.05, 4.69) is 25.8 Å². The summed E-state index contributed by atoms with van der Waals surface area (Å²) in [5.74, 6) is 1.31. The number of carbonyl (C=O) groups excluding carboxylic acids is 1. The molecule has 1 fully saturated rings. The normalized spacial score (nSPS) is 14.9. The maximum atomic E-state index is 12.5. The first kappa shape index (κ1) is 18.3. The summed E-state index contributed by atoms with van der Waals surface area (Å²) in [5.41, 5.74) is 0.957. The zero-order valence-electron chi connectivity index (χ0n) is 15.6. The third-order valence-corrected chi connectivity index (χ3v) is 6.71. The summed E-state index contributed by atoms with van der Waals surface area (Å²) in [6.45, 7) is 2.17. The van der Waals surface area contributed by atoms with E-state index in [4.69, 9.17) is 4.42 Å². The van der Waals surface area contributed by atoms with Crippen molar-refractivity contribution >= 4 is 39.2 Å². The van der Waals surface area contributed by atoms with Crippen LogP contribution in [0.4, 0.5) is 0 Å². The van der Waals surface area contributed by atoms with Crippen LogP contribution in [0.5, 0.6) is 0 Å². The number of nitrogens with one attached hydrogen (secondary N) is 1. The highest BCUT2D eigenvalue weighted by molar-refractivity contribution is 8.00. The van der Waals surface area contributed by atoms with Gasteiger partial charge >= 0.3 is 0 Å². The number of thiazole rings is 1. The molecule has 29 heavy (non-hydrogen) atoms. The molecule has 3 aromatic heterocycles. The van der Waals surface area contributed by atoms with E-state index in [0.717, 1.165) is 28.1 Å². The van der Waals surface area contributed by atoms with Crippen LogP contribution in [0, 0.1) is 0 Å². The molecule has 1 aromatic carbocycles. The van der Waals surface area contributed by atoms with Crippen LogP contribution in [0.25, 0.3) is 21.0 Å². The standard InChI is InChI=1S/C19H18N6O2S2/c1-11(28-19-22-23-24-25(19)12-6-7-12)17(26)20-10-13-8-9-15(27-13)18-21-14-4-2-3-5-16(14)29-18/h2-5,8-9,11-12H,6-7,10H2,1H3,(H,20,26). The molecule has 10 heteroatoms. The Morgan fingerprint density at radius 3 is 3.03 bits per heavy atom. The molecular weight excluding hydrogens is 408 g/mol. The summed E-state index contributed by atoms with van der Waals surface area (Å²) < 4.78 is 8.81. The third kappa shape index (κ3) is 3.90. The molecule has 5 rings (SSSR count). The Balaban J connectivity index is 1.20. The lowest BCUT2D eigenvalue weighted by molar-refractivity contribution is -0.120. The molecular formula is C19H18N6O2S2. The number of tetrazole rings is 1. The molecule has 148 valence electrons. The largest absolute Gasteiger partial charge is 0.457 e. The Morgan fingerprint density at radius 1 is 1.34 bits per heavy atom. The van der Waals surface area contributed by atoms with Crippen molar-refractivity contribution in [2.75, 3.05) is 0 Å². The molecule has 8 nitrogen and oxygen atoms in total. The van der Waals surface area contributed by atoms with E-state index in [1.807, 2.05) is 48.0 Å². The van der Waals surface area contributed by atoms with E-state index in [0.29, 0.717) is 29.3 Å². The summed E-state index contributed by atoms with van der Waals surface area (Å²) >= 11 is 2.96. The second-order valence-electron chi connectivity index (χ2n) is 6.87. The van der Waals surface area contributed by atoms with Crippen LogP contribution in [0.2, 0.25) is 0 Å². The van der Waals surface area contributed by atoms with Crippen LogP contribution < -0.4 is 5.32 Å². The Kier molecular flexibility index (Phi) is 4.80. The Hall–Kier alpha value is -2.72. The van der Waals surface area contributed by atoms with Crippen LogP contribution in [-0.4, -0.2) is 36.3 Å². The molecule has 3 heterocycles. The number of fused-ring (bicyclic) bond motifs is 1. The quantitative estimate of drug-likeness (QED) is 0.450. The van der Waals surface area contributed by atoms with Crippen LogP contribution in [0.15, 0.2) is 46.0 Å². The van der Waals surface area contributed by atoms with E-state index in [-0.39, 0.29) is 11.2 Å². The van der Waals surface area contributed by atoms with Crippen molar-refractivity contribution in [1.82, 2.24) is 30.5 Å². The molecule has 1 unspecified atom stereocenters. The number of hydrogen-bond donors (Lipinski definition) is 1. The number of aromatic nitrogens is 5. The molecule has 1 aliphatic carbocycles. The van der Waals surface area contributed by atoms with Crippen molar-refractivity contribution in [3.63, 3.8) is 0 Å². The summed E-state index contributed by atoms with van der Waals surface area (Å²) in [7, 11) is 0. The average Bonchev–Trinajstić information content (AvgIpc) is 3.13. The minimum atomic E-state index is -0.308. The van der Waals surface area contributed by atoms with E-state index in [1.54, 1.807) is 11.3 Å². The molecule has 4 aromatic rings. The maximum Gasteiger partial charge on any atom is 0.233 e. The number of rotatable bonds is 7. The number of thioether (sulfide) groups is 1. The first-order valence-corrected chi connectivity index (χ1v) is 11.0. The molecule has 0 spiro atoms. The van der Waals surface area contributed by atoms with Crippen LogP contribution in [0.3, 0.4) is 0 Å². The lowest BCUT2D eigenvalue weighted by atomic mass is 10.3. The van der Waals surface area contributed by atoms with Gasteiger partial charge in [0.05, 0.1) is 28.1 Å². The Labute approximate surface area is 174 Å². The monoisotopic (exact) mass is 426 g/mol. The fourth-order valence-corrected chi connectivity index (χ4v) is 4.72. The predicted molar refractivity (Wildman–Crippen MR) is 111 cm³/mol. The molecule has 1 saturated carbocycles. The van der Waals surface area contributed by atoms with Gasteiger partial charge < -0.3 is 9.73 Å². The number of nitrogens with zero attached hydrogens (tertiary/aromatic N) is 5. The van der Waals surface area contributed by atoms with Crippen molar-refractivity contribution < 1.29 is 9.21 Å². The van der Waals surface area contributed by atoms with Crippen molar-refractivity contribution in [3.05, 3.63) is 42.2 Å². The minimum Gasteiger partial charge on any atom is -0.457 e. The van der Waals surface area contributed by atoms with Crippen LogP contribution in [-0.2, 0) is 11.3 Å². The molecule has 0 radical (unpaired) electrons. The van der Waals surface area contributed by atoms with Gasteiger partial charge in [-0.05, 0) is 54.5 Å². The number of carbonyl (C=O) groups is 1. The molecule has 1 amide bonds. The number of hydrogen-bond acceptors (Lipinski definition) is 8. The van der Waals surface area contributed by atoms with Gasteiger partial charge in [0.2, 0.25) is 11.1 Å². The van der Waals surface area contributed by atoms with Gasteiger partial charge in [0.1, 0.15) is 5.76 Å². The summed E-state index contributed by atoms with van der Waals surface area (Å²) in [6, 6.07) is 12.1. The Bertz CT molecular complexity index is 1130. The first-order valence-electron chi connectivity index (χ1n) is 9.34. The van der Waals surface area contributed by atoms with E-state index >= 15 is 0 Å². The summed E-state index contributed by atoms with van der Waals surface area (Å²) in [6.07, 6.45) is 2.18. The van der Waals surface area contributed by atoms with Gasteiger partial charge in [0.15, 0.2) is 10.8 Å². The highest BCUT2D eigenvalue weighted by Gasteiger charge is 2.29. The number of para-hydroxylation sites is 1. The lowest BCUT2D eigenvalue weighted by Crippen LogP contribution is -2.30. The van der Waals surface area contributed by atoms with Crippen LogP contribution >= 0.6 is 23.1 Å². The molecule has 0 aliphatic heterocycles. The zero-order chi connectivity index (χ0) is 19.8. The molecule has 0 saturated heterocycles. The first-order chi connectivity index (χ1) is 14.2. The van der Waals surface area contributed by atoms with E-state index in [1.165, 1.54) is 11.8 Å². The molecule has 0 bridgehead atoms. The Morgan fingerprint density at radius 2 is 2.21 bits per heavy atom. The average molecular weight is 427 g/mol. The van der Waals surface area contributed by atoms with Gasteiger partial charge in [-0.3, -0.25) is 4.79 Å². The smallest absolute Gasteiger partial charge is 0.233 e. The van der Waals surface area contributed by atoms with E-state index < -0.39 is 0 Å². The fraction of sp³-hybridized carbons (Fsp3) is 0.316. The molecule has 1 aliphatic rings. The van der Waals surface area contributed by atoms with E-state index in [9.17, 15) is 4.79 Å². The van der Waals surface area contributed by atoms with Gasteiger partial charge in [0.25, 0.3) is 0 Å². The SMILES string of the molecule is CC(Sc1nnnn1C1CC1)C(=O)NCc1ccc(-c2nc3ccccc3s2)o1. The van der Waals surface area contributed by atoms with Gasteiger partial charge in [-0.25, -0.2) is 9.67 Å². The van der Waals surface area contributed by atoms with Crippen molar-refractivity contribution in [2.45, 2.75) is 42.8 Å². The lowest BCUT2D eigenvalue weighted by Gasteiger charge is -2.10.